The van der Waals surface area contributed by atoms with Crippen molar-refractivity contribution in [3.63, 3.8) is 0 Å². The minimum absolute atomic E-state index is 0.209. The Bertz CT molecular complexity index is 723. The van der Waals surface area contributed by atoms with E-state index in [1.807, 2.05) is 26.0 Å². The maximum absolute atomic E-state index is 12.4. The van der Waals surface area contributed by atoms with E-state index in [9.17, 15) is 4.79 Å². The summed E-state index contributed by atoms with van der Waals surface area (Å²) in [6, 6.07) is 11.1. The fourth-order valence-electron chi connectivity index (χ4n) is 2.43. The summed E-state index contributed by atoms with van der Waals surface area (Å²) in [5, 5.41) is 2.85. The second-order valence-corrected chi connectivity index (χ2v) is 6.90. The van der Waals surface area contributed by atoms with E-state index in [1.54, 1.807) is 38.3 Å². The van der Waals surface area contributed by atoms with Crippen LogP contribution in [0.3, 0.4) is 0 Å². The molecule has 0 aliphatic heterocycles. The van der Waals surface area contributed by atoms with Crippen molar-refractivity contribution < 1.29 is 19.0 Å². The molecule has 1 amide bonds. The number of rotatable bonds is 8. The molecule has 0 saturated carbocycles. The van der Waals surface area contributed by atoms with Crippen LogP contribution < -0.4 is 14.8 Å². The summed E-state index contributed by atoms with van der Waals surface area (Å²) in [6.45, 7) is 6.67. The first-order chi connectivity index (χ1) is 12.4. The van der Waals surface area contributed by atoms with Gasteiger partial charge in [0, 0.05) is 17.3 Å². The van der Waals surface area contributed by atoms with Crippen molar-refractivity contribution >= 4 is 27.5 Å². The van der Waals surface area contributed by atoms with E-state index in [4.69, 9.17) is 14.2 Å². The number of methoxy groups -OCH3 is 1. The minimum atomic E-state index is -0.619. The van der Waals surface area contributed by atoms with Crippen molar-refractivity contribution in [2.75, 3.05) is 25.6 Å². The molecule has 2 aromatic rings. The first kappa shape index (κ1) is 20.3. The molecule has 26 heavy (non-hydrogen) atoms. The predicted octanol–water partition coefficient (Wildman–Crippen LogP) is 4.50. The van der Waals surface area contributed by atoms with Gasteiger partial charge < -0.3 is 19.5 Å². The molecule has 0 radical (unpaired) electrons. The molecule has 1 N–H and O–H groups in total. The van der Waals surface area contributed by atoms with Crippen molar-refractivity contribution in [3.05, 3.63) is 52.0 Å². The number of anilines is 1. The Kier molecular flexibility index (Phi) is 7.48. The monoisotopic (exact) mass is 421 g/mol. The van der Waals surface area contributed by atoms with Gasteiger partial charge in [-0.3, -0.25) is 4.79 Å². The van der Waals surface area contributed by atoms with Gasteiger partial charge in [-0.05, 0) is 68.3 Å². The third kappa shape index (κ3) is 5.75. The Labute approximate surface area is 162 Å². The van der Waals surface area contributed by atoms with Crippen LogP contribution in [0.2, 0.25) is 0 Å². The molecule has 0 heterocycles. The molecule has 1 unspecified atom stereocenters. The summed E-state index contributed by atoms with van der Waals surface area (Å²) in [5.41, 5.74) is 2.65. The predicted molar refractivity (Wildman–Crippen MR) is 106 cm³/mol. The highest BCUT2D eigenvalue weighted by Gasteiger charge is 2.17. The number of halogens is 1. The highest BCUT2D eigenvalue weighted by molar-refractivity contribution is 9.10. The van der Waals surface area contributed by atoms with Gasteiger partial charge in [0.2, 0.25) is 0 Å². The fourth-order valence-corrected chi connectivity index (χ4v) is 3.12. The number of hydrogen-bond donors (Lipinski definition) is 1. The first-order valence-electron chi connectivity index (χ1n) is 8.36. The molecule has 0 bridgehead atoms. The maximum atomic E-state index is 12.4. The van der Waals surface area contributed by atoms with Crippen LogP contribution in [0.4, 0.5) is 5.69 Å². The molecule has 1 atom stereocenters. The number of ether oxygens (including phenoxy) is 3. The van der Waals surface area contributed by atoms with Crippen LogP contribution in [-0.2, 0) is 9.53 Å². The molecular weight excluding hydrogens is 398 g/mol. The van der Waals surface area contributed by atoms with Gasteiger partial charge in [-0.15, -0.1) is 0 Å². The summed E-state index contributed by atoms with van der Waals surface area (Å²) < 4.78 is 17.3. The molecule has 0 aliphatic carbocycles. The minimum Gasteiger partial charge on any atom is -0.491 e. The lowest BCUT2D eigenvalue weighted by Crippen LogP contribution is -2.30. The van der Waals surface area contributed by atoms with Crippen molar-refractivity contribution in [3.8, 4) is 11.5 Å². The van der Waals surface area contributed by atoms with E-state index in [0.29, 0.717) is 18.9 Å². The number of aryl methyl sites for hydroxylation is 2. The highest BCUT2D eigenvalue weighted by Crippen LogP contribution is 2.28. The second-order valence-electron chi connectivity index (χ2n) is 5.98. The lowest BCUT2D eigenvalue weighted by molar-refractivity contribution is -0.122. The fraction of sp³-hybridized carbons (Fsp3) is 0.350. The van der Waals surface area contributed by atoms with E-state index in [0.717, 1.165) is 27.1 Å². The van der Waals surface area contributed by atoms with Gasteiger partial charge in [0.1, 0.15) is 18.1 Å². The van der Waals surface area contributed by atoms with Crippen LogP contribution >= 0.6 is 15.9 Å². The zero-order valence-electron chi connectivity index (χ0n) is 15.5. The maximum Gasteiger partial charge on any atom is 0.265 e. The normalized spacial score (nSPS) is 11.7. The van der Waals surface area contributed by atoms with Gasteiger partial charge in [0.05, 0.1) is 6.61 Å². The topological polar surface area (TPSA) is 56.8 Å². The molecule has 0 fully saturated rings. The summed E-state index contributed by atoms with van der Waals surface area (Å²) in [7, 11) is 1.63. The molecule has 2 rings (SSSR count). The molecule has 140 valence electrons. The third-order valence-electron chi connectivity index (χ3n) is 3.77. The van der Waals surface area contributed by atoms with Crippen LogP contribution in [0.25, 0.3) is 0 Å². The lowest BCUT2D eigenvalue weighted by Gasteiger charge is -2.18. The molecular formula is C20H24BrNO4. The Morgan fingerprint density at radius 2 is 1.73 bits per heavy atom. The average Bonchev–Trinajstić information content (AvgIpc) is 2.59. The van der Waals surface area contributed by atoms with E-state index in [-0.39, 0.29) is 5.91 Å². The van der Waals surface area contributed by atoms with Crippen molar-refractivity contribution in [2.24, 2.45) is 0 Å². The largest absolute Gasteiger partial charge is 0.491 e. The zero-order chi connectivity index (χ0) is 19.1. The first-order valence-corrected chi connectivity index (χ1v) is 9.16. The van der Waals surface area contributed by atoms with Gasteiger partial charge in [0.25, 0.3) is 5.91 Å². The van der Waals surface area contributed by atoms with Crippen LogP contribution in [0, 0.1) is 13.8 Å². The van der Waals surface area contributed by atoms with E-state index < -0.39 is 6.10 Å². The van der Waals surface area contributed by atoms with E-state index >= 15 is 0 Å². The van der Waals surface area contributed by atoms with Crippen LogP contribution in [-0.4, -0.2) is 32.3 Å². The van der Waals surface area contributed by atoms with Crippen molar-refractivity contribution in [1.82, 2.24) is 0 Å². The molecule has 0 spiro atoms. The van der Waals surface area contributed by atoms with Gasteiger partial charge in [-0.2, -0.15) is 0 Å². The number of hydrogen-bond acceptors (Lipinski definition) is 4. The second kappa shape index (κ2) is 9.59. The van der Waals surface area contributed by atoms with E-state index in [1.165, 1.54) is 0 Å². The standard InChI is InChI=1S/C20H24BrNO4/c1-13-11-16(21)12-14(2)19(13)26-15(3)20(23)22-17-5-7-18(8-6-17)25-10-9-24-4/h5-8,11-12,15H,9-10H2,1-4H3,(H,22,23). The smallest absolute Gasteiger partial charge is 0.265 e. The van der Waals surface area contributed by atoms with Gasteiger partial charge in [0.15, 0.2) is 6.10 Å². The Morgan fingerprint density at radius 1 is 1.12 bits per heavy atom. The Hall–Kier alpha value is -2.05. The molecule has 2 aromatic carbocycles. The number of nitrogens with one attached hydrogen (secondary N) is 1. The molecule has 5 nitrogen and oxygen atoms in total. The van der Waals surface area contributed by atoms with Crippen molar-refractivity contribution in [2.45, 2.75) is 26.9 Å². The highest BCUT2D eigenvalue weighted by atomic mass is 79.9. The van der Waals surface area contributed by atoms with Crippen molar-refractivity contribution in [1.29, 1.82) is 0 Å². The number of amides is 1. The van der Waals surface area contributed by atoms with Gasteiger partial charge >= 0.3 is 0 Å². The number of benzene rings is 2. The lowest BCUT2D eigenvalue weighted by atomic mass is 10.1. The number of carbonyl (C=O) groups is 1. The number of carbonyl (C=O) groups excluding carboxylic acids is 1. The summed E-state index contributed by atoms with van der Waals surface area (Å²) in [4.78, 5) is 12.4. The quantitative estimate of drug-likeness (QED) is 0.637. The Morgan fingerprint density at radius 3 is 2.31 bits per heavy atom. The van der Waals surface area contributed by atoms with Crippen LogP contribution in [0.1, 0.15) is 18.1 Å². The van der Waals surface area contributed by atoms with Gasteiger partial charge in [-0.1, -0.05) is 15.9 Å². The van der Waals surface area contributed by atoms with Gasteiger partial charge in [-0.25, -0.2) is 0 Å². The van der Waals surface area contributed by atoms with E-state index in [2.05, 4.69) is 21.2 Å². The average molecular weight is 422 g/mol. The van der Waals surface area contributed by atoms with Crippen LogP contribution in [0.5, 0.6) is 11.5 Å². The Balaban J connectivity index is 1.95. The summed E-state index contributed by atoms with van der Waals surface area (Å²) >= 11 is 3.46. The molecule has 0 aliphatic rings. The molecule has 0 aromatic heterocycles. The SMILES string of the molecule is COCCOc1ccc(NC(=O)C(C)Oc2c(C)cc(Br)cc2C)cc1. The molecule has 6 heteroatoms. The summed E-state index contributed by atoms with van der Waals surface area (Å²) in [6.07, 6.45) is -0.619. The summed E-state index contributed by atoms with van der Waals surface area (Å²) in [5.74, 6) is 1.25. The molecule has 0 saturated heterocycles. The van der Waals surface area contributed by atoms with Crippen LogP contribution in [0.15, 0.2) is 40.9 Å². The zero-order valence-corrected chi connectivity index (χ0v) is 17.1. The third-order valence-corrected chi connectivity index (χ3v) is 4.22.